The Bertz CT molecular complexity index is 469. The van der Waals surface area contributed by atoms with Gasteiger partial charge in [0.1, 0.15) is 0 Å². The number of amides is 1. The Kier molecular flexibility index (Phi) is 5.23. The third kappa shape index (κ3) is 3.76. The van der Waals surface area contributed by atoms with Crippen LogP contribution in [0.4, 0.5) is 5.69 Å². The van der Waals surface area contributed by atoms with E-state index in [9.17, 15) is 4.79 Å². The molecule has 0 radical (unpaired) electrons. The molecule has 1 aliphatic rings. The average molecular weight is 289 g/mol. The molecule has 1 fully saturated rings. The summed E-state index contributed by atoms with van der Waals surface area (Å²) in [7, 11) is 4.07. The molecule has 0 bridgehead atoms. The van der Waals surface area contributed by atoms with Crippen LogP contribution in [-0.2, 0) is 11.3 Å². The van der Waals surface area contributed by atoms with Crippen LogP contribution in [0.5, 0.6) is 0 Å². The third-order valence-electron chi connectivity index (χ3n) is 4.35. The number of nitrogens with one attached hydrogen (secondary N) is 1. The van der Waals surface area contributed by atoms with E-state index in [0.29, 0.717) is 12.5 Å². The van der Waals surface area contributed by atoms with Gasteiger partial charge < -0.3 is 15.1 Å². The summed E-state index contributed by atoms with van der Waals surface area (Å²) in [4.78, 5) is 16.7. The van der Waals surface area contributed by atoms with E-state index >= 15 is 0 Å². The molecule has 21 heavy (non-hydrogen) atoms. The SMILES string of the molecule is CCN(Cc1ccc(N(C)C)cc1)C(=O)C1CNCC1C. The fraction of sp³-hybridized carbons (Fsp3) is 0.588. The third-order valence-corrected chi connectivity index (χ3v) is 4.35. The molecular weight excluding hydrogens is 262 g/mol. The Morgan fingerprint density at radius 3 is 2.38 bits per heavy atom. The second-order valence-corrected chi connectivity index (χ2v) is 6.16. The topological polar surface area (TPSA) is 35.6 Å². The van der Waals surface area contributed by atoms with E-state index in [1.807, 2.05) is 19.0 Å². The fourth-order valence-electron chi connectivity index (χ4n) is 2.84. The van der Waals surface area contributed by atoms with Crippen molar-refractivity contribution in [1.29, 1.82) is 0 Å². The summed E-state index contributed by atoms with van der Waals surface area (Å²) in [5, 5.41) is 3.31. The monoisotopic (exact) mass is 289 g/mol. The Morgan fingerprint density at radius 2 is 1.90 bits per heavy atom. The van der Waals surface area contributed by atoms with Crippen LogP contribution in [0.1, 0.15) is 19.4 Å². The van der Waals surface area contributed by atoms with Gasteiger partial charge in [-0.3, -0.25) is 4.79 Å². The molecule has 1 aliphatic heterocycles. The van der Waals surface area contributed by atoms with Crippen molar-refractivity contribution in [3.63, 3.8) is 0 Å². The second kappa shape index (κ2) is 6.94. The summed E-state index contributed by atoms with van der Waals surface area (Å²) in [5.74, 6) is 0.848. The van der Waals surface area contributed by atoms with Crippen molar-refractivity contribution < 1.29 is 4.79 Å². The molecule has 1 amide bonds. The predicted molar refractivity (Wildman–Crippen MR) is 87.4 cm³/mol. The first-order valence-corrected chi connectivity index (χ1v) is 7.78. The highest BCUT2D eigenvalue weighted by molar-refractivity contribution is 5.79. The lowest BCUT2D eigenvalue weighted by Gasteiger charge is -2.26. The van der Waals surface area contributed by atoms with Gasteiger partial charge in [-0.15, -0.1) is 0 Å². The van der Waals surface area contributed by atoms with E-state index in [2.05, 4.69) is 48.3 Å². The van der Waals surface area contributed by atoms with Crippen LogP contribution < -0.4 is 10.2 Å². The smallest absolute Gasteiger partial charge is 0.227 e. The zero-order valence-electron chi connectivity index (χ0n) is 13.6. The second-order valence-electron chi connectivity index (χ2n) is 6.16. The van der Waals surface area contributed by atoms with Gasteiger partial charge in [0.05, 0.1) is 5.92 Å². The summed E-state index contributed by atoms with van der Waals surface area (Å²) in [6.07, 6.45) is 0. The summed E-state index contributed by atoms with van der Waals surface area (Å²) < 4.78 is 0. The molecule has 1 heterocycles. The van der Waals surface area contributed by atoms with E-state index in [0.717, 1.165) is 19.6 Å². The van der Waals surface area contributed by atoms with Crippen molar-refractivity contribution in [2.75, 3.05) is 38.6 Å². The van der Waals surface area contributed by atoms with Gasteiger partial charge in [-0.1, -0.05) is 19.1 Å². The molecule has 2 atom stereocenters. The molecule has 0 saturated carbocycles. The van der Waals surface area contributed by atoms with Gasteiger partial charge in [0, 0.05) is 39.4 Å². The van der Waals surface area contributed by atoms with E-state index < -0.39 is 0 Å². The highest BCUT2D eigenvalue weighted by atomic mass is 16.2. The molecule has 2 rings (SSSR count). The zero-order valence-corrected chi connectivity index (χ0v) is 13.6. The minimum atomic E-state index is 0.131. The molecule has 0 spiro atoms. The van der Waals surface area contributed by atoms with Crippen LogP contribution in [0.15, 0.2) is 24.3 Å². The lowest BCUT2D eigenvalue weighted by atomic mass is 9.96. The Morgan fingerprint density at radius 1 is 1.24 bits per heavy atom. The van der Waals surface area contributed by atoms with Gasteiger partial charge in [-0.25, -0.2) is 0 Å². The van der Waals surface area contributed by atoms with Crippen molar-refractivity contribution in [2.24, 2.45) is 11.8 Å². The normalized spacial score (nSPS) is 21.3. The van der Waals surface area contributed by atoms with Gasteiger partial charge in [0.25, 0.3) is 0 Å². The van der Waals surface area contributed by atoms with Crippen molar-refractivity contribution in [1.82, 2.24) is 10.2 Å². The van der Waals surface area contributed by atoms with Gasteiger partial charge in [-0.05, 0) is 37.1 Å². The Hall–Kier alpha value is -1.55. The number of carbonyl (C=O) groups is 1. The predicted octanol–water partition coefficient (Wildman–Crippen LogP) is 1.96. The first kappa shape index (κ1) is 15.8. The minimum Gasteiger partial charge on any atom is -0.378 e. The van der Waals surface area contributed by atoms with Gasteiger partial charge >= 0.3 is 0 Å². The first-order valence-electron chi connectivity index (χ1n) is 7.78. The number of carbonyl (C=O) groups excluding carboxylic acids is 1. The van der Waals surface area contributed by atoms with E-state index in [-0.39, 0.29) is 11.8 Å². The highest BCUT2D eigenvalue weighted by Crippen LogP contribution is 2.20. The number of hydrogen-bond acceptors (Lipinski definition) is 3. The van der Waals surface area contributed by atoms with Crippen molar-refractivity contribution >= 4 is 11.6 Å². The lowest BCUT2D eigenvalue weighted by Crippen LogP contribution is -2.38. The average Bonchev–Trinajstić information content (AvgIpc) is 2.90. The molecule has 2 unspecified atom stereocenters. The summed E-state index contributed by atoms with van der Waals surface area (Å²) in [6, 6.07) is 8.43. The maximum absolute atomic E-state index is 12.6. The maximum atomic E-state index is 12.6. The summed E-state index contributed by atoms with van der Waals surface area (Å²) >= 11 is 0. The molecule has 1 saturated heterocycles. The lowest BCUT2D eigenvalue weighted by molar-refractivity contribution is -0.136. The number of rotatable bonds is 5. The van der Waals surface area contributed by atoms with Crippen LogP contribution >= 0.6 is 0 Å². The molecule has 116 valence electrons. The molecule has 4 heteroatoms. The van der Waals surface area contributed by atoms with Crippen molar-refractivity contribution in [2.45, 2.75) is 20.4 Å². The number of benzene rings is 1. The Balaban J connectivity index is 2.03. The van der Waals surface area contributed by atoms with Gasteiger partial charge in [0.2, 0.25) is 5.91 Å². The number of nitrogens with zero attached hydrogens (tertiary/aromatic N) is 2. The zero-order chi connectivity index (χ0) is 15.4. The molecule has 0 aromatic heterocycles. The van der Waals surface area contributed by atoms with Crippen molar-refractivity contribution in [3.05, 3.63) is 29.8 Å². The standard InChI is InChI=1S/C17H27N3O/c1-5-20(17(21)16-11-18-10-13(16)2)12-14-6-8-15(9-7-14)19(3)4/h6-9,13,16,18H,5,10-12H2,1-4H3. The van der Waals surface area contributed by atoms with Crippen LogP contribution in [0.25, 0.3) is 0 Å². The van der Waals surface area contributed by atoms with Crippen LogP contribution in [0, 0.1) is 11.8 Å². The largest absolute Gasteiger partial charge is 0.378 e. The Labute approximate surface area is 128 Å². The fourth-order valence-corrected chi connectivity index (χ4v) is 2.84. The van der Waals surface area contributed by atoms with Crippen LogP contribution in [0.2, 0.25) is 0 Å². The number of anilines is 1. The van der Waals surface area contributed by atoms with E-state index in [1.165, 1.54) is 11.3 Å². The molecule has 1 N–H and O–H groups in total. The van der Waals surface area contributed by atoms with Gasteiger partial charge in [-0.2, -0.15) is 0 Å². The molecule has 1 aromatic rings. The molecule has 4 nitrogen and oxygen atoms in total. The highest BCUT2D eigenvalue weighted by Gasteiger charge is 2.32. The van der Waals surface area contributed by atoms with E-state index in [4.69, 9.17) is 0 Å². The first-order chi connectivity index (χ1) is 10.0. The van der Waals surface area contributed by atoms with Gasteiger partial charge in [0.15, 0.2) is 0 Å². The molecule has 0 aliphatic carbocycles. The molecular formula is C17H27N3O. The van der Waals surface area contributed by atoms with E-state index in [1.54, 1.807) is 0 Å². The maximum Gasteiger partial charge on any atom is 0.227 e. The minimum absolute atomic E-state index is 0.131. The van der Waals surface area contributed by atoms with Crippen LogP contribution in [-0.4, -0.2) is 44.5 Å². The summed E-state index contributed by atoms with van der Waals surface area (Å²) in [5.41, 5.74) is 2.37. The van der Waals surface area contributed by atoms with Crippen LogP contribution in [0.3, 0.4) is 0 Å². The number of hydrogen-bond donors (Lipinski definition) is 1. The summed E-state index contributed by atoms with van der Waals surface area (Å²) in [6.45, 7) is 7.44. The van der Waals surface area contributed by atoms with Crippen molar-refractivity contribution in [3.8, 4) is 0 Å². The quantitative estimate of drug-likeness (QED) is 0.900. The molecule has 1 aromatic carbocycles.